The summed E-state index contributed by atoms with van der Waals surface area (Å²) in [6.07, 6.45) is 3.66. The quantitative estimate of drug-likeness (QED) is 0.119. The predicted octanol–water partition coefficient (Wildman–Crippen LogP) is 6.63. The number of benzene rings is 3. The average molecular weight is 582 g/mol. The molecule has 0 unspecified atom stereocenters. The fourth-order valence-electron chi connectivity index (χ4n) is 4.51. The number of nitrogens with zero attached hydrogens (tertiary/aromatic N) is 3. The zero-order chi connectivity index (χ0) is 30.1. The topological polar surface area (TPSA) is 136 Å². The van der Waals surface area contributed by atoms with Crippen molar-refractivity contribution < 1.29 is 28.0 Å². The summed E-state index contributed by atoms with van der Waals surface area (Å²) in [6, 6.07) is 18.3. The molecule has 2 N–H and O–H groups in total. The maximum absolute atomic E-state index is 15.1. The molecule has 0 spiro atoms. The van der Waals surface area contributed by atoms with Gasteiger partial charge in [-0.1, -0.05) is 0 Å². The van der Waals surface area contributed by atoms with Gasteiger partial charge in [-0.25, -0.2) is 8.78 Å². The van der Waals surface area contributed by atoms with E-state index in [1.165, 1.54) is 60.9 Å². The van der Waals surface area contributed by atoms with Crippen LogP contribution in [0.1, 0.15) is 12.8 Å². The molecule has 2 amide bonds. The number of nitro benzene ring substituents is 1. The molecule has 0 atom stereocenters. The molecule has 214 valence electrons. The number of aromatic nitrogens is 2. The SMILES string of the molecule is O=C(Nc1ccc(F)cc1)C1(C(=O)Nc2ccc(Oc3ccnc4cc(-c5ccc([N+](=O)[O-])cc5)ncc34)c(F)c2)CC1. The van der Waals surface area contributed by atoms with E-state index in [0.717, 1.165) is 6.07 Å². The highest BCUT2D eigenvalue weighted by Gasteiger charge is 2.56. The lowest BCUT2D eigenvalue weighted by Gasteiger charge is -2.16. The molecule has 1 aliphatic rings. The fraction of sp³-hybridized carbons (Fsp3) is 0.0968. The van der Waals surface area contributed by atoms with Gasteiger partial charge in [-0.2, -0.15) is 0 Å². The Labute approximate surface area is 242 Å². The van der Waals surface area contributed by atoms with Gasteiger partial charge in [0.25, 0.3) is 5.69 Å². The Morgan fingerprint density at radius 3 is 2.16 bits per heavy atom. The van der Waals surface area contributed by atoms with E-state index in [1.807, 2.05) is 0 Å². The monoisotopic (exact) mass is 581 g/mol. The minimum atomic E-state index is -1.30. The number of amides is 2. The first-order chi connectivity index (χ1) is 20.7. The molecule has 0 bridgehead atoms. The van der Waals surface area contributed by atoms with Crippen molar-refractivity contribution in [1.82, 2.24) is 9.97 Å². The number of pyridine rings is 2. The molecule has 43 heavy (non-hydrogen) atoms. The van der Waals surface area contributed by atoms with Gasteiger partial charge in [0.15, 0.2) is 11.6 Å². The van der Waals surface area contributed by atoms with Crippen molar-refractivity contribution in [3.8, 4) is 22.8 Å². The average Bonchev–Trinajstić information content (AvgIpc) is 3.82. The normalized spacial score (nSPS) is 13.3. The summed E-state index contributed by atoms with van der Waals surface area (Å²) in [4.78, 5) is 45.0. The maximum atomic E-state index is 15.1. The van der Waals surface area contributed by atoms with Crippen molar-refractivity contribution in [2.24, 2.45) is 5.41 Å². The first kappa shape index (κ1) is 27.4. The van der Waals surface area contributed by atoms with Crippen molar-refractivity contribution in [2.45, 2.75) is 12.8 Å². The van der Waals surface area contributed by atoms with Crippen LogP contribution in [0, 0.1) is 27.2 Å². The number of non-ortho nitro benzene ring substituents is 1. The number of nitro groups is 1. The van der Waals surface area contributed by atoms with Gasteiger partial charge in [0.2, 0.25) is 11.8 Å². The van der Waals surface area contributed by atoms with Crippen LogP contribution < -0.4 is 15.4 Å². The number of carbonyl (C=O) groups excluding carboxylic acids is 2. The van der Waals surface area contributed by atoms with E-state index < -0.39 is 33.8 Å². The first-order valence-corrected chi connectivity index (χ1v) is 13.1. The number of halogens is 2. The summed E-state index contributed by atoms with van der Waals surface area (Å²) in [5.41, 5.74) is 0.882. The summed E-state index contributed by atoms with van der Waals surface area (Å²) in [6.45, 7) is 0. The van der Waals surface area contributed by atoms with E-state index >= 15 is 4.39 Å². The third kappa shape index (κ3) is 5.58. The van der Waals surface area contributed by atoms with Gasteiger partial charge < -0.3 is 15.4 Å². The van der Waals surface area contributed by atoms with Crippen LogP contribution in [0.5, 0.6) is 11.5 Å². The van der Waals surface area contributed by atoms with E-state index in [1.54, 1.807) is 24.3 Å². The lowest BCUT2D eigenvalue weighted by Crippen LogP contribution is -2.35. The minimum absolute atomic E-state index is 0.0367. The summed E-state index contributed by atoms with van der Waals surface area (Å²) in [7, 11) is 0. The Morgan fingerprint density at radius 2 is 1.51 bits per heavy atom. The van der Waals surface area contributed by atoms with Crippen molar-refractivity contribution in [3.05, 3.63) is 113 Å². The number of anilines is 2. The van der Waals surface area contributed by atoms with Crippen LogP contribution in [0.25, 0.3) is 22.2 Å². The molecule has 2 heterocycles. The molecule has 10 nitrogen and oxygen atoms in total. The van der Waals surface area contributed by atoms with Crippen LogP contribution in [0.2, 0.25) is 0 Å². The molecule has 0 saturated heterocycles. The highest BCUT2D eigenvalue weighted by Crippen LogP contribution is 2.47. The fourth-order valence-corrected chi connectivity index (χ4v) is 4.51. The number of hydrogen-bond acceptors (Lipinski definition) is 7. The molecule has 3 aromatic carbocycles. The lowest BCUT2D eigenvalue weighted by molar-refractivity contribution is -0.384. The summed E-state index contributed by atoms with van der Waals surface area (Å²) >= 11 is 0. The Hall–Kier alpha value is -5.78. The number of ether oxygens (including phenoxy) is 1. The standard InChI is InChI=1S/C31H21F2N5O5/c32-19-3-5-20(6-4-19)36-29(39)31(12-13-31)30(40)37-21-7-10-28(24(33)15-21)43-27-11-14-34-26-16-25(35-17-23(26)27)18-1-8-22(9-2-18)38(41)42/h1-11,14-17H,12-13H2,(H,36,39)(H,37,40). The molecular weight excluding hydrogens is 560 g/mol. The molecule has 0 aliphatic heterocycles. The van der Waals surface area contributed by atoms with Gasteiger partial charge >= 0.3 is 0 Å². The summed E-state index contributed by atoms with van der Waals surface area (Å²) < 4.78 is 34.1. The van der Waals surface area contributed by atoms with Crippen molar-refractivity contribution in [1.29, 1.82) is 0 Å². The zero-order valence-electron chi connectivity index (χ0n) is 22.2. The van der Waals surface area contributed by atoms with Crippen molar-refractivity contribution in [2.75, 3.05) is 10.6 Å². The van der Waals surface area contributed by atoms with Crippen LogP contribution in [-0.2, 0) is 9.59 Å². The number of carbonyl (C=O) groups is 2. The van der Waals surface area contributed by atoms with Crippen molar-refractivity contribution in [3.63, 3.8) is 0 Å². The molecule has 5 aromatic rings. The van der Waals surface area contributed by atoms with E-state index in [-0.39, 0.29) is 22.9 Å². The minimum Gasteiger partial charge on any atom is -0.453 e. The smallest absolute Gasteiger partial charge is 0.269 e. The second-order valence-electron chi connectivity index (χ2n) is 9.94. The molecule has 0 radical (unpaired) electrons. The maximum Gasteiger partial charge on any atom is 0.269 e. The molecular formula is C31H21F2N5O5. The Balaban J connectivity index is 1.15. The zero-order valence-corrected chi connectivity index (χ0v) is 22.2. The molecule has 1 fully saturated rings. The first-order valence-electron chi connectivity index (χ1n) is 13.1. The Morgan fingerprint density at radius 1 is 0.837 bits per heavy atom. The molecule has 12 heteroatoms. The van der Waals surface area contributed by atoms with E-state index in [4.69, 9.17) is 4.74 Å². The van der Waals surface area contributed by atoms with Gasteiger partial charge in [-0.3, -0.25) is 29.7 Å². The molecule has 1 aliphatic carbocycles. The lowest BCUT2D eigenvalue weighted by atomic mass is 10.0. The molecule has 6 rings (SSSR count). The van der Waals surface area contributed by atoms with E-state index in [2.05, 4.69) is 20.6 Å². The van der Waals surface area contributed by atoms with Gasteiger partial charge in [0.05, 0.1) is 21.5 Å². The largest absolute Gasteiger partial charge is 0.453 e. The predicted molar refractivity (Wildman–Crippen MR) is 153 cm³/mol. The second kappa shape index (κ2) is 10.9. The van der Waals surface area contributed by atoms with Crippen LogP contribution in [0.4, 0.5) is 25.8 Å². The second-order valence-corrected chi connectivity index (χ2v) is 9.94. The van der Waals surface area contributed by atoms with Gasteiger partial charge in [0, 0.05) is 47.5 Å². The van der Waals surface area contributed by atoms with Crippen molar-refractivity contribution >= 4 is 39.8 Å². The number of hydrogen-bond donors (Lipinski definition) is 2. The summed E-state index contributed by atoms with van der Waals surface area (Å²) in [5.74, 6) is -2.12. The number of fused-ring (bicyclic) bond motifs is 1. The van der Waals surface area contributed by atoms with E-state index in [0.29, 0.717) is 40.7 Å². The van der Waals surface area contributed by atoms with Crippen LogP contribution in [-0.4, -0.2) is 26.7 Å². The van der Waals surface area contributed by atoms with Gasteiger partial charge in [0.1, 0.15) is 17.0 Å². The Kier molecular flexibility index (Phi) is 6.94. The Bertz CT molecular complexity index is 1890. The number of rotatable bonds is 8. The van der Waals surface area contributed by atoms with Gasteiger partial charge in [-0.05, 0) is 73.5 Å². The third-order valence-electron chi connectivity index (χ3n) is 7.09. The highest BCUT2D eigenvalue weighted by molar-refractivity contribution is 6.16. The van der Waals surface area contributed by atoms with Gasteiger partial charge in [-0.15, -0.1) is 0 Å². The third-order valence-corrected chi connectivity index (χ3v) is 7.09. The van der Waals surface area contributed by atoms with Crippen LogP contribution >= 0.6 is 0 Å². The van der Waals surface area contributed by atoms with E-state index in [9.17, 15) is 24.1 Å². The number of nitrogens with one attached hydrogen (secondary N) is 2. The molecule has 1 saturated carbocycles. The molecule has 2 aromatic heterocycles. The van der Waals surface area contributed by atoms with Crippen LogP contribution in [0.15, 0.2) is 91.3 Å². The van der Waals surface area contributed by atoms with Crippen LogP contribution in [0.3, 0.4) is 0 Å². The summed E-state index contributed by atoms with van der Waals surface area (Å²) in [5, 5.41) is 16.7. The highest BCUT2D eigenvalue weighted by atomic mass is 19.1.